The summed E-state index contributed by atoms with van der Waals surface area (Å²) in [5, 5.41) is 8.89. The zero-order valence-electron chi connectivity index (χ0n) is 23.2. The SMILES string of the molecule is C=CCN(CC(=O)N1CCCN(c2ccc(-c3ccc(OC)c(OC)c3)nn2)CC1)C(=O)c1ccc2c(c1)OCO2. The number of carbonyl (C=O) groups is 2. The Bertz CT molecular complexity index is 1410. The van der Waals surface area contributed by atoms with Crippen molar-refractivity contribution in [3.05, 3.63) is 66.7 Å². The number of fused-ring (bicyclic) bond motifs is 1. The summed E-state index contributed by atoms with van der Waals surface area (Å²) in [6, 6.07) is 14.5. The first kappa shape index (κ1) is 27.8. The lowest BCUT2D eigenvalue weighted by Gasteiger charge is -2.26. The summed E-state index contributed by atoms with van der Waals surface area (Å²) in [4.78, 5) is 31.9. The number of aromatic nitrogens is 2. The smallest absolute Gasteiger partial charge is 0.254 e. The number of ether oxygens (including phenoxy) is 4. The minimum absolute atomic E-state index is 0.0425. The molecule has 11 nitrogen and oxygen atoms in total. The first-order valence-corrected chi connectivity index (χ1v) is 13.4. The minimum Gasteiger partial charge on any atom is -0.493 e. The van der Waals surface area contributed by atoms with Crippen LogP contribution in [0.2, 0.25) is 0 Å². The summed E-state index contributed by atoms with van der Waals surface area (Å²) in [7, 11) is 3.19. The van der Waals surface area contributed by atoms with Gasteiger partial charge in [-0.15, -0.1) is 16.8 Å². The summed E-state index contributed by atoms with van der Waals surface area (Å²) in [6.07, 6.45) is 2.38. The van der Waals surface area contributed by atoms with E-state index in [1.54, 1.807) is 43.4 Å². The molecule has 2 aliphatic heterocycles. The molecule has 2 amide bonds. The molecule has 0 bridgehead atoms. The number of carbonyl (C=O) groups excluding carboxylic acids is 2. The maximum Gasteiger partial charge on any atom is 0.254 e. The molecule has 3 heterocycles. The van der Waals surface area contributed by atoms with Crippen LogP contribution in [0.3, 0.4) is 0 Å². The first-order chi connectivity index (χ1) is 20.0. The molecule has 214 valence electrons. The number of benzene rings is 2. The summed E-state index contributed by atoms with van der Waals surface area (Å²) >= 11 is 0. The van der Waals surface area contributed by atoms with Crippen molar-refractivity contribution in [1.82, 2.24) is 20.0 Å². The van der Waals surface area contributed by atoms with Gasteiger partial charge in [-0.05, 0) is 55.0 Å². The molecular formula is C30H33N5O6. The van der Waals surface area contributed by atoms with Crippen LogP contribution in [0.5, 0.6) is 23.0 Å². The molecule has 2 aliphatic rings. The van der Waals surface area contributed by atoms with Gasteiger partial charge in [0.2, 0.25) is 12.7 Å². The molecule has 41 heavy (non-hydrogen) atoms. The molecule has 1 aromatic heterocycles. The number of rotatable bonds is 9. The molecular weight excluding hydrogens is 526 g/mol. The van der Waals surface area contributed by atoms with Crippen molar-refractivity contribution in [2.45, 2.75) is 6.42 Å². The van der Waals surface area contributed by atoms with Crippen LogP contribution in [-0.2, 0) is 4.79 Å². The second kappa shape index (κ2) is 12.6. The lowest BCUT2D eigenvalue weighted by molar-refractivity contribution is -0.131. The summed E-state index contributed by atoms with van der Waals surface area (Å²) in [5.41, 5.74) is 2.02. The molecule has 5 rings (SSSR count). The van der Waals surface area contributed by atoms with E-state index < -0.39 is 0 Å². The third kappa shape index (κ3) is 6.19. The van der Waals surface area contributed by atoms with E-state index in [4.69, 9.17) is 18.9 Å². The van der Waals surface area contributed by atoms with E-state index in [0.717, 1.165) is 30.0 Å². The number of hydrogen-bond donors (Lipinski definition) is 0. The number of anilines is 1. The Hall–Kier alpha value is -4.80. The Labute approximate surface area is 238 Å². The maximum absolute atomic E-state index is 13.3. The molecule has 11 heteroatoms. The zero-order valence-corrected chi connectivity index (χ0v) is 23.2. The normalized spacial score (nSPS) is 14.3. The van der Waals surface area contributed by atoms with Crippen molar-refractivity contribution in [1.29, 1.82) is 0 Å². The van der Waals surface area contributed by atoms with E-state index in [0.29, 0.717) is 48.2 Å². The van der Waals surface area contributed by atoms with Crippen LogP contribution in [-0.4, -0.2) is 92.1 Å². The third-order valence-corrected chi connectivity index (χ3v) is 7.08. The minimum atomic E-state index is -0.266. The second-order valence-electron chi connectivity index (χ2n) is 9.61. The largest absolute Gasteiger partial charge is 0.493 e. The Morgan fingerprint density at radius 1 is 0.951 bits per heavy atom. The number of amides is 2. The lowest BCUT2D eigenvalue weighted by atomic mass is 10.1. The summed E-state index contributed by atoms with van der Waals surface area (Å²) in [6.45, 7) is 6.54. The lowest BCUT2D eigenvalue weighted by Crippen LogP contribution is -2.44. The molecule has 1 saturated heterocycles. The topological polar surface area (TPSA) is 107 Å². The fourth-order valence-electron chi connectivity index (χ4n) is 4.89. The van der Waals surface area contributed by atoms with Gasteiger partial charge in [0.05, 0.1) is 19.9 Å². The highest BCUT2D eigenvalue weighted by Crippen LogP contribution is 2.33. The molecule has 0 N–H and O–H groups in total. The van der Waals surface area contributed by atoms with Gasteiger partial charge in [-0.2, -0.15) is 0 Å². The van der Waals surface area contributed by atoms with E-state index in [1.165, 1.54) is 4.90 Å². The van der Waals surface area contributed by atoms with E-state index in [9.17, 15) is 9.59 Å². The van der Waals surface area contributed by atoms with E-state index in [2.05, 4.69) is 21.7 Å². The van der Waals surface area contributed by atoms with Crippen LogP contribution in [0.1, 0.15) is 16.8 Å². The molecule has 0 unspecified atom stereocenters. The average molecular weight is 560 g/mol. The number of hydrogen-bond acceptors (Lipinski definition) is 9. The Kier molecular flexibility index (Phi) is 8.52. The standard InChI is InChI=1S/C30H33N5O6/c1-4-12-35(30(37)22-7-10-25-27(18-22)41-20-40-25)19-29(36)34-14-5-13-33(15-16-34)28-11-8-23(31-32-28)21-6-9-24(38-2)26(17-21)39-3/h4,6-11,17-18H,1,5,12-16,19-20H2,2-3H3. The molecule has 3 aromatic rings. The highest BCUT2D eigenvalue weighted by Gasteiger charge is 2.25. The van der Waals surface area contributed by atoms with Gasteiger partial charge < -0.3 is 33.6 Å². The van der Waals surface area contributed by atoms with Gasteiger partial charge in [-0.3, -0.25) is 9.59 Å². The number of methoxy groups -OCH3 is 2. The van der Waals surface area contributed by atoms with Crippen LogP contribution in [0.4, 0.5) is 5.82 Å². The Morgan fingerprint density at radius 2 is 1.78 bits per heavy atom. The summed E-state index contributed by atoms with van der Waals surface area (Å²) < 4.78 is 21.4. The average Bonchev–Trinajstić information content (AvgIpc) is 3.34. The van der Waals surface area contributed by atoms with Crippen LogP contribution in [0, 0.1) is 0 Å². The van der Waals surface area contributed by atoms with Crippen molar-refractivity contribution in [2.75, 3.05) is 65.2 Å². The molecule has 0 radical (unpaired) electrons. The first-order valence-electron chi connectivity index (χ1n) is 13.4. The van der Waals surface area contributed by atoms with Crippen LogP contribution >= 0.6 is 0 Å². The van der Waals surface area contributed by atoms with E-state index in [-0.39, 0.29) is 31.7 Å². The quantitative estimate of drug-likeness (QED) is 0.365. The summed E-state index contributed by atoms with van der Waals surface area (Å²) in [5.74, 6) is 2.76. The number of nitrogens with zero attached hydrogens (tertiary/aromatic N) is 5. The second-order valence-corrected chi connectivity index (χ2v) is 9.61. The van der Waals surface area contributed by atoms with E-state index >= 15 is 0 Å². The van der Waals surface area contributed by atoms with Gasteiger partial charge in [0.25, 0.3) is 5.91 Å². The zero-order chi connectivity index (χ0) is 28.8. The van der Waals surface area contributed by atoms with Gasteiger partial charge in [-0.1, -0.05) is 6.08 Å². The third-order valence-electron chi connectivity index (χ3n) is 7.08. The maximum atomic E-state index is 13.3. The highest BCUT2D eigenvalue weighted by atomic mass is 16.7. The van der Waals surface area contributed by atoms with Crippen molar-refractivity contribution >= 4 is 17.6 Å². The highest BCUT2D eigenvalue weighted by molar-refractivity contribution is 5.97. The van der Waals surface area contributed by atoms with Crippen molar-refractivity contribution in [2.24, 2.45) is 0 Å². The van der Waals surface area contributed by atoms with Gasteiger partial charge >= 0.3 is 0 Å². The van der Waals surface area contributed by atoms with Crippen LogP contribution < -0.4 is 23.8 Å². The predicted molar refractivity (Wildman–Crippen MR) is 153 cm³/mol. The van der Waals surface area contributed by atoms with Gasteiger partial charge in [0, 0.05) is 43.9 Å². The van der Waals surface area contributed by atoms with E-state index in [1.807, 2.05) is 30.3 Å². The fourth-order valence-corrected chi connectivity index (χ4v) is 4.89. The van der Waals surface area contributed by atoms with Crippen molar-refractivity contribution in [3.8, 4) is 34.3 Å². The molecule has 2 aromatic carbocycles. The van der Waals surface area contributed by atoms with Crippen LogP contribution in [0.15, 0.2) is 61.2 Å². The fraction of sp³-hybridized carbons (Fsp3) is 0.333. The molecule has 0 spiro atoms. The van der Waals surface area contributed by atoms with Gasteiger partial charge in [-0.25, -0.2) is 0 Å². The molecule has 1 fully saturated rings. The van der Waals surface area contributed by atoms with Crippen molar-refractivity contribution in [3.63, 3.8) is 0 Å². The molecule has 0 saturated carbocycles. The van der Waals surface area contributed by atoms with Crippen molar-refractivity contribution < 1.29 is 28.5 Å². The molecule has 0 atom stereocenters. The molecule has 0 aliphatic carbocycles. The Balaban J connectivity index is 1.20. The van der Waals surface area contributed by atoms with Gasteiger partial charge in [0.15, 0.2) is 28.8 Å². The van der Waals surface area contributed by atoms with Crippen LogP contribution in [0.25, 0.3) is 11.3 Å². The predicted octanol–water partition coefficient (Wildman–Crippen LogP) is 3.26. The monoisotopic (exact) mass is 559 g/mol. The van der Waals surface area contributed by atoms with Gasteiger partial charge in [0.1, 0.15) is 6.54 Å². The Morgan fingerprint density at radius 3 is 2.54 bits per heavy atom.